The van der Waals surface area contributed by atoms with E-state index in [1.807, 2.05) is 42.2 Å². The highest BCUT2D eigenvalue weighted by molar-refractivity contribution is 5.78. The molecule has 20 heavy (non-hydrogen) atoms. The number of likely N-dealkylation sites (N-methyl/N-ethyl adjacent to an activating group) is 1. The van der Waals surface area contributed by atoms with Crippen LogP contribution in [0.4, 0.5) is 0 Å². The molecule has 0 saturated heterocycles. The van der Waals surface area contributed by atoms with Gasteiger partial charge in [-0.25, -0.2) is 4.98 Å². The van der Waals surface area contributed by atoms with Gasteiger partial charge in [0.15, 0.2) is 0 Å². The maximum Gasteiger partial charge on any atom is 0.236 e. The number of amides is 1. The third-order valence-corrected chi connectivity index (χ3v) is 3.07. The molecule has 0 aliphatic rings. The smallest absolute Gasteiger partial charge is 0.236 e. The van der Waals surface area contributed by atoms with Crippen molar-refractivity contribution in [3.63, 3.8) is 0 Å². The number of hydrogen-bond donors (Lipinski definition) is 2. The van der Waals surface area contributed by atoms with Crippen molar-refractivity contribution in [2.75, 3.05) is 13.1 Å². The summed E-state index contributed by atoms with van der Waals surface area (Å²) in [7, 11) is 0. The maximum atomic E-state index is 12.1. The Labute approximate surface area is 119 Å². The molecule has 2 rings (SSSR count). The van der Waals surface area contributed by atoms with E-state index in [0.29, 0.717) is 26.2 Å². The number of aromatic nitrogens is 2. The van der Waals surface area contributed by atoms with Crippen molar-refractivity contribution < 1.29 is 4.79 Å². The molecule has 0 aliphatic heterocycles. The predicted octanol–water partition coefficient (Wildman–Crippen LogP) is 1.55. The Morgan fingerprint density at radius 2 is 2.15 bits per heavy atom. The van der Waals surface area contributed by atoms with Crippen LogP contribution in [0.2, 0.25) is 0 Å². The molecular formula is C15H20N4O. The fourth-order valence-corrected chi connectivity index (χ4v) is 1.97. The van der Waals surface area contributed by atoms with E-state index in [9.17, 15) is 4.79 Å². The number of nitrogens with zero attached hydrogens (tertiary/aromatic N) is 2. The normalized spacial score (nSPS) is 10.4. The molecule has 5 heteroatoms. The van der Waals surface area contributed by atoms with E-state index in [0.717, 1.165) is 11.4 Å². The minimum Gasteiger partial charge on any atom is -0.348 e. The van der Waals surface area contributed by atoms with Gasteiger partial charge in [-0.3, -0.25) is 4.79 Å². The van der Waals surface area contributed by atoms with Gasteiger partial charge in [0, 0.05) is 25.5 Å². The molecule has 106 valence electrons. The molecule has 1 amide bonds. The molecular weight excluding hydrogens is 252 g/mol. The van der Waals surface area contributed by atoms with Gasteiger partial charge >= 0.3 is 0 Å². The number of aromatic amines is 1. The summed E-state index contributed by atoms with van der Waals surface area (Å²) < 4.78 is 0. The summed E-state index contributed by atoms with van der Waals surface area (Å²) >= 11 is 0. The van der Waals surface area contributed by atoms with Gasteiger partial charge in [0.25, 0.3) is 0 Å². The summed E-state index contributed by atoms with van der Waals surface area (Å²) in [4.78, 5) is 21.1. The molecule has 0 aliphatic carbocycles. The monoisotopic (exact) mass is 272 g/mol. The first-order chi connectivity index (χ1) is 9.79. The molecule has 0 saturated carbocycles. The van der Waals surface area contributed by atoms with E-state index in [4.69, 9.17) is 0 Å². The van der Waals surface area contributed by atoms with Crippen molar-refractivity contribution >= 4 is 5.91 Å². The van der Waals surface area contributed by atoms with Crippen LogP contribution in [0, 0.1) is 0 Å². The fourth-order valence-electron chi connectivity index (χ4n) is 1.97. The second kappa shape index (κ2) is 7.45. The first-order valence-corrected chi connectivity index (χ1v) is 6.80. The Morgan fingerprint density at radius 1 is 1.35 bits per heavy atom. The zero-order valence-corrected chi connectivity index (χ0v) is 11.7. The molecule has 2 aromatic rings. The van der Waals surface area contributed by atoms with E-state index in [-0.39, 0.29) is 5.91 Å². The van der Waals surface area contributed by atoms with E-state index >= 15 is 0 Å². The van der Waals surface area contributed by atoms with Gasteiger partial charge in [-0.05, 0) is 12.5 Å². The number of rotatable bonds is 7. The van der Waals surface area contributed by atoms with E-state index in [1.54, 1.807) is 12.4 Å². The van der Waals surface area contributed by atoms with Crippen LogP contribution < -0.4 is 5.32 Å². The van der Waals surface area contributed by atoms with Crippen molar-refractivity contribution in [3.8, 4) is 0 Å². The van der Waals surface area contributed by atoms with Gasteiger partial charge in [0.05, 0.1) is 13.1 Å². The lowest BCUT2D eigenvalue weighted by molar-refractivity contribution is -0.130. The minimum atomic E-state index is 0.0999. The van der Waals surface area contributed by atoms with Crippen LogP contribution in [0.25, 0.3) is 0 Å². The minimum absolute atomic E-state index is 0.0999. The summed E-state index contributed by atoms with van der Waals surface area (Å²) in [6, 6.07) is 10.0. The molecule has 2 N–H and O–H groups in total. The van der Waals surface area contributed by atoms with Crippen molar-refractivity contribution in [1.82, 2.24) is 20.2 Å². The van der Waals surface area contributed by atoms with Gasteiger partial charge < -0.3 is 15.2 Å². The second-order valence-electron chi connectivity index (χ2n) is 4.53. The van der Waals surface area contributed by atoms with Crippen LogP contribution in [0.1, 0.15) is 18.3 Å². The first-order valence-electron chi connectivity index (χ1n) is 6.80. The zero-order chi connectivity index (χ0) is 14.2. The number of imidazole rings is 1. The van der Waals surface area contributed by atoms with Crippen LogP contribution >= 0.6 is 0 Å². The Bertz CT molecular complexity index is 510. The third kappa shape index (κ3) is 4.20. The molecule has 1 heterocycles. The number of carbonyl (C=O) groups excluding carboxylic acids is 1. The van der Waals surface area contributed by atoms with Crippen LogP contribution in [0.5, 0.6) is 0 Å². The lowest BCUT2D eigenvalue weighted by Gasteiger charge is -2.21. The predicted molar refractivity (Wildman–Crippen MR) is 77.8 cm³/mol. The van der Waals surface area contributed by atoms with Crippen LogP contribution in [-0.4, -0.2) is 33.9 Å². The van der Waals surface area contributed by atoms with E-state index < -0.39 is 0 Å². The first kappa shape index (κ1) is 14.3. The summed E-state index contributed by atoms with van der Waals surface area (Å²) in [6.45, 7) is 4.24. The summed E-state index contributed by atoms with van der Waals surface area (Å²) in [5, 5.41) is 3.10. The van der Waals surface area contributed by atoms with Crippen molar-refractivity contribution in [2.45, 2.75) is 20.0 Å². The van der Waals surface area contributed by atoms with Crippen molar-refractivity contribution in [3.05, 3.63) is 54.1 Å². The molecule has 0 spiro atoms. The van der Waals surface area contributed by atoms with Crippen molar-refractivity contribution in [1.29, 1.82) is 0 Å². The summed E-state index contributed by atoms with van der Waals surface area (Å²) in [5.74, 6) is 0.937. The van der Waals surface area contributed by atoms with Crippen LogP contribution in [0.3, 0.4) is 0 Å². The average Bonchev–Trinajstić information content (AvgIpc) is 2.99. The highest BCUT2D eigenvalue weighted by Crippen LogP contribution is 2.04. The Morgan fingerprint density at radius 3 is 2.80 bits per heavy atom. The number of nitrogens with one attached hydrogen (secondary N) is 2. The fraction of sp³-hybridized carbons (Fsp3) is 0.333. The molecule has 0 fully saturated rings. The van der Waals surface area contributed by atoms with Crippen LogP contribution in [0.15, 0.2) is 42.7 Å². The highest BCUT2D eigenvalue weighted by Gasteiger charge is 2.11. The largest absolute Gasteiger partial charge is 0.348 e. The lowest BCUT2D eigenvalue weighted by Crippen LogP contribution is -2.37. The molecule has 0 atom stereocenters. The third-order valence-electron chi connectivity index (χ3n) is 3.07. The number of carbonyl (C=O) groups is 1. The molecule has 1 aromatic carbocycles. The topological polar surface area (TPSA) is 61.0 Å². The van der Waals surface area contributed by atoms with Gasteiger partial charge in [0.1, 0.15) is 5.82 Å². The van der Waals surface area contributed by atoms with E-state index in [1.165, 1.54) is 0 Å². The summed E-state index contributed by atoms with van der Waals surface area (Å²) in [5.41, 5.74) is 1.15. The van der Waals surface area contributed by atoms with Gasteiger partial charge in [-0.15, -0.1) is 0 Å². The molecule has 0 bridgehead atoms. The molecule has 5 nitrogen and oxygen atoms in total. The van der Waals surface area contributed by atoms with Crippen molar-refractivity contribution in [2.24, 2.45) is 0 Å². The zero-order valence-electron chi connectivity index (χ0n) is 11.7. The number of hydrogen-bond acceptors (Lipinski definition) is 3. The summed E-state index contributed by atoms with van der Waals surface area (Å²) in [6.07, 6.45) is 3.47. The van der Waals surface area contributed by atoms with Crippen LogP contribution in [-0.2, 0) is 17.9 Å². The number of H-pyrrole nitrogens is 1. The number of benzene rings is 1. The standard InChI is InChI=1S/C15H20N4O/c1-2-19(12-13-6-4-3-5-7-13)15(20)11-16-10-14-17-8-9-18-14/h3-9,16H,2,10-12H2,1H3,(H,17,18). The van der Waals surface area contributed by atoms with Gasteiger partial charge in [-0.1, -0.05) is 30.3 Å². The Kier molecular flexibility index (Phi) is 5.32. The maximum absolute atomic E-state index is 12.1. The van der Waals surface area contributed by atoms with E-state index in [2.05, 4.69) is 15.3 Å². The van der Waals surface area contributed by atoms with Gasteiger partial charge in [-0.2, -0.15) is 0 Å². The lowest BCUT2D eigenvalue weighted by atomic mass is 10.2. The van der Waals surface area contributed by atoms with Gasteiger partial charge in [0.2, 0.25) is 5.91 Å². The quantitative estimate of drug-likeness (QED) is 0.804. The Hall–Kier alpha value is -2.14. The molecule has 0 radical (unpaired) electrons. The SMILES string of the molecule is CCN(Cc1ccccc1)C(=O)CNCc1ncc[nH]1. The average molecular weight is 272 g/mol. The molecule has 1 aromatic heterocycles. The second-order valence-corrected chi connectivity index (χ2v) is 4.53. The Balaban J connectivity index is 1.79. The molecule has 0 unspecified atom stereocenters. The highest BCUT2D eigenvalue weighted by atomic mass is 16.2.